The van der Waals surface area contributed by atoms with Crippen LogP contribution in [0, 0.1) is 11.8 Å². The number of piperidine rings is 1. The van der Waals surface area contributed by atoms with Crippen LogP contribution in [0.4, 0.5) is 0 Å². The van der Waals surface area contributed by atoms with Crippen LogP contribution in [0.3, 0.4) is 0 Å². The van der Waals surface area contributed by atoms with E-state index in [0.29, 0.717) is 18.7 Å². The standard InChI is InChI=1S/C24H32N2O2/c1-18-12-19(2)15-26(14-18)16-21-9-5-4-8-20(21)13-25-24(27)23-11-7-6-10-22(23)17-28-3/h4-11,18-19H,12-17H2,1-3H3,(H,25,27)/t18-,19-/m0/s1. The van der Waals surface area contributed by atoms with Crippen LogP contribution < -0.4 is 5.32 Å². The lowest BCUT2D eigenvalue weighted by Gasteiger charge is -2.35. The van der Waals surface area contributed by atoms with E-state index < -0.39 is 0 Å². The van der Waals surface area contributed by atoms with Crippen molar-refractivity contribution >= 4 is 5.91 Å². The SMILES string of the molecule is COCc1ccccc1C(=O)NCc1ccccc1CN1C[C@@H](C)C[C@H](C)C1. The number of rotatable bonds is 7. The second-order valence-corrected chi connectivity index (χ2v) is 8.18. The lowest BCUT2D eigenvalue weighted by molar-refractivity contribution is 0.0945. The molecule has 150 valence electrons. The van der Waals surface area contributed by atoms with Crippen LogP contribution in [0.15, 0.2) is 48.5 Å². The number of nitrogens with one attached hydrogen (secondary N) is 1. The monoisotopic (exact) mass is 380 g/mol. The number of methoxy groups -OCH3 is 1. The fourth-order valence-electron chi connectivity index (χ4n) is 4.34. The van der Waals surface area contributed by atoms with E-state index in [4.69, 9.17) is 4.74 Å². The molecule has 0 unspecified atom stereocenters. The first-order chi connectivity index (χ1) is 13.6. The highest BCUT2D eigenvalue weighted by molar-refractivity contribution is 5.95. The number of likely N-dealkylation sites (tertiary alicyclic amines) is 1. The molecule has 0 saturated carbocycles. The van der Waals surface area contributed by atoms with E-state index in [0.717, 1.165) is 37.0 Å². The van der Waals surface area contributed by atoms with Crippen molar-refractivity contribution in [3.63, 3.8) is 0 Å². The molecule has 4 nitrogen and oxygen atoms in total. The Balaban J connectivity index is 1.66. The summed E-state index contributed by atoms with van der Waals surface area (Å²) in [6.07, 6.45) is 1.31. The molecule has 3 rings (SSSR count). The van der Waals surface area contributed by atoms with E-state index in [-0.39, 0.29) is 5.91 Å². The Morgan fingerprint density at radius 3 is 2.29 bits per heavy atom. The van der Waals surface area contributed by atoms with Crippen LogP contribution in [-0.2, 0) is 24.4 Å². The Hall–Kier alpha value is -2.17. The number of carbonyl (C=O) groups is 1. The van der Waals surface area contributed by atoms with Crippen LogP contribution in [0.2, 0.25) is 0 Å². The summed E-state index contributed by atoms with van der Waals surface area (Å²) in [6, 6.07) is 16.0. The highest BCUT2D eigenvalue weighted by Gasteiger charge is 2.22. The molecule has 1 aliphatic heterocycles. The van der Waals surface area contributed by atoms with Gasteiger partial charge in [0.1, 0.15) is 0 Å². The van der Waals surface area contributed by atoms with Crippen LogP contribution in [-0.4, -0.2) is 31.0 Å². The molecule has 1 N–H and O–H groups in total. The van der Waals surface area contributed by atoms with Crippen molar-refractivity contribution in [2.24, 2.45) is 11.8 Å². The topological polar surface area (TPSA) is 41.6 Å². The third-order valence-electron chi connectivity index (χ3n) is 5.46. The number of carbonyl (C=O) groups excluding carboxylic acids is 1. The number of ether oxygens (including phenoxy) is 1. The van der Waals surface area contributed by atoms with Gasteiger partial charge in [0.15, 0.2) is 0 Å². The smallest absolute Gasteiger partial charge is 0.251 e. The molecule has 2 aromatic carbocycles. The van der Waals surface area contributed by atoms with Gasteiger partial charge >= 0.3 is 0 Å². The van der Waals surface area contributed by atoms with Gasteiger partial charge in [-0.3, -0.25) is 9.69 Å². The molecule has 1 heterocycles. The summed E-state index contributed by atoms with van der Waals surface area (Å²) in [7, 11) is 1.65. The summed E-state index contributed by atoms with van der Waals surface area (Å²) >= 11 is 0. The van der Waals surface area contributed by atoms with Gasteiger partial charge in [-0.1, -0.05) is 56.3 Å². The van der Waals surface area contributed by atoms with Gasteiger partial charge in [-0.25, -0.2) is 0 Å². The molecular formula is C24H32N2O2. The molecule has 0 spiro atoms. The Morgan fingerprint density at radius 1 is 1.00 bits per heavy atom. The van der Waals surface area contributed by atoms with E-state index in [1.54, 1.807) is 7.11 Å². The highest BCUT2D eigenvalue weighted by atomic mass is 16.5. The second kappa shape index (κ2) is 9.85. The first-order valence-corrected chi connectivity index (χ1v) is 10.2. The number of hydrogen-bond acceptors (Lipinski definition) is 3. The Kier molecular flexibility index (Phi) is 7.24. The van der Waals surface area contributed by atoms with Crippen LogP contribution in [0.25, 0.3) is 0 Å². The second-order valence-electron chi connectivity index (χ2n) is 8.18. The molecule has 0 aliphatic carbocycles. The third-order valence-corrected chi connectivity index (χ3v) is 5.46. The summed E-state index contributed by atoms with van der Waals surface area (Å²) in [4.78, 5) is 15.3. The van der Waals surface area contributed by atoms with Gasteiger partial charge in [-0.05, 0) is 41.0 Å². The molecule has 4 heteroatoms. The predicted octanol–water partition coefficient (Wildman–Crippen LogP) is 4.24. The normalized spacial score (nSPS) is 20.1. The highest BCUT2D eigenvalue weighted by Crippen LogP contribution is 2.23. The van der Waals surface area contributed by atoms with Crippen molar-refractivity contribution in [3.05, 3.63) is 70.8 Å². The average molecular weight is 381 g/mol. The lowest BCUT2D eigenvalue weighted by Crippen LogP contribution is -2.38. The molecular weight excluding hydrogens is 348 g/mol. The number of nitrogens with zero attached hydrogens (tertiary/aromatic N) is 1. The maximum absolute atomic E-state index is 12.7. The molecule has 1 fully saturated rings. The largest absolute Gasteiger partial charge is 0.380 e. The van der Waals surface area contributed by atoms with E-state index >= 15 is 0 Å². The van der Waals surface area contributed by atoms with Gasteiger partial charge < -0.3 is 10.1 Å². The van der Waals surface area contributed by atoms with Crippen molar-refractivity contribution < 1.29 is 9.53 Å². The summed E-state index contributed by atoms with van der Waals surface area (Å²) in [5.41, 5.74) is 4.08. The summed E-state index contributed by atoms with van der Waals surface area (Å²) in [6.45, 7) is 8.89. The minimum Gasteiger partial charge on any atom is -0.380 e. The third kappa shape index (κ3) is 5.43. The summed E-state index contributed by atoms with van der Waals surface area (Å²) in [5, 5.41) is 3.10. The Bertz CT molecular complexity index is 780. The van der Waals surface area contributed by atoms with Crippen LogP contribution in [0.1, 0.15) is 47.3 Å². The van der Waals surface area contributed by atoms with E-state index in [1.807, 2.05) is 30.3 Å². The first-order valence-electron chi connectivity index (χ1n) is 10.2. The van der Waals surface area contributed by atoms with E-state index in [1.165, 1.54) is 17.5 Å². The first kappa shape index (κ1) is 20.6. The predicted molar refractivity (Wildman–Crippen MR) is 113 cm³/mol. The maximum atomic E-state index is 12.7. The van der Waals surface area contributed by atoms with Crippen molar-refractivity contribution in [1.82, 2.24) is 10.2 Å². The van der Waals surface area contributed by atoms with Gasteiger partial charge in [0, 0.05) is 38.9 Å². The lowest BCUT2D eigenvalue weighted by atomic mass is 9.91. The average Bonchev–Trinajstić information content (AvgIpc) is 2.67. The quantitative estimate of drug-likeness (QED) is 0.781. The molecule has 2 atom stereocenters. The van der Waals surface area contributed by atoms with Crippen molar-refractivity contribution in [2.45, 2.75) is 40.0 Å². The van der Waals surface area contributed by atoms with E-state index in [2.05, 4.69) is 42.3 Å². The van der Waals surface area contributed by atoms with Crippen molar-refractivity contribution in [2.75, 3.05) is 20.2 Å². The molecule has 0 bridgehead atoms. The minimum absolute atomic E-state index is 0.0531. The Labute approximate surface area is 168 Å². The molecule has 0 aromatic heterocycles. The molecule has 1 aliphatic rings. The fourth-order valence-corrected chi connectivity index (χ4v) is 4.34. The molecule has 1 amide bonds. The molecule has 2 aromatic rings. The maximum Gasteiger partial charge on any atom is 0.251 e. The van der Waals surface area contributed by atoms with Crippen molar-refractivity contribution in [3.8, 4) is 0 Å². The van der Waals surface area contributed by atoms with Gasteiger partial charge in [-0.2, -0.15) is 0 Å². The summed E-state index contributed by atoms with van der Waals surface area (Å²) < 4.78 is 5.22. The molecule has 0 radical (unpaired) electrons. The minimum atomic E-state index is -0.0531. The zero-order valence-electron chi connectivity index (χ0n) is 17.3. The van der Waals surface area contributed by atoms with Crippen molar-refractivity contribution in [1.29, 1.82) is 0 Å². The Morgan fingerprint density at radius 2 is 1.61 bits per heavy atom. The molecule has 1 saturated heterocycles. The fraction of sp³-hybridized carbons (Fsp3) is 0.458. The van der Waals surface area contributed by atoms with Crippen LogP contribution >= 0.6 is 0 Å². The number of hydrogen-bond donors (Lipinski definition) is 1. The number of amides is 1. The molecule has 28 heavy (non-hydrogen) atoms. The zero-order valence-corrected chi connectivity index (χ0v) is 17.3. The van der Waals surface area contributed by atoms with Gasteiger partial charge in [-0.15, -0.1) is 0 Å². The number of benzene rings is 2. The summed E-state index contributed by atoms with van der Waals surface area (Å²) in [5.74, 6) is 1.43. The van der Waals surface area contributed by atoms with Crippen LogP contribution in [0.5, 0.6) is 0 Å². The zero-order chi connectivity index (χ0) is 19.9. The van der Waals surface area contributed by atoms with E-state index in [9.17, 15) is 4.79 Å². The van der Waals surface area contributed by atoms with Gasteiger partial charge in [0.2, 0.25) is 0 Å². The van der Waals surface area contributed by atoms with Gasteiger partial charge in [0.25, 0.3) is 5.91 Å². The van der Waals surface area contributed by atoms with Gasteiger partial charge in [0.05, 0.1) is 6.61 Å².